The van der Waals surface area contributed by atoms with Crippen LogP contribution in [-0.2, 0) is 30.6 Å². The van der Waals surface area contributed by atoms with Crippen molar-refractivity contribution >= 4 is 39.9 Å². The number of methoxy groups -OCH3 is 1. The number of nitrogens with one attached hydrogen (secondary N) is 3. The highest BCUT2D eigenvalue weighted by Crippen LogP contribution is 2.38. The fourth-order valence-electron chi connectivity index (χ4n) is 4.41. The Hall–Kier alpha value is -3.63. The van der Waals surface area contributed by atoms with E-state index in [1.807, 2.05) is 54.6 Å². The van der Waals surface area contributed by atoms with E-state index < -0.39 is 0 Å². The molecule has 0 unspecified atom stereocenters. The van der Waals surface area contributed by atoms with Crippen molar-refractivity contribution in [1.82, 2.24) is 20.5 Å². The first-order chi connectivity index (χ1) is 18.6. The molecule has 0 bridgehead atoms. The van der Waals surface area contributed by atoms with Gasteiger partial charge in [0.1, 0.15) is 16.6 Å². The fraction of sp³-hybridized carbons (Fsp3) is 0.286. The van der Waals surface area contributed by atoms with Gasteiger partial charge < -0.3 is 15.4 Å². The Labute approximate surface area is 229 Å². The Morgan fingerprint density at radius 1 is 1.05 bits per heavy atom. The third kappa shape index (κ3) is 6.43. The number of benzene rings is 2. The number of hydrogen-bond donors (Lipinski definition) is 3. The second-order valence-corrected chi connectivity index (χ2v) is 11.1. The minimum Gasteiger partial charge on any atom is -0.497 e. The number of aryl methyl sites for hydroxylation is 1. The highest BCUT2D eigenvalue weighted by molar-refractivity contribution is 7.99. The highest BCUT2D eigenvalue weighted by Gasteiger charge is 2.26. The molecule has 4 aromatic rings. The molecule has 0 spiro atoms. The zero-order chi connectivity index (χ0) is 26.3. The van der Waals surface area contributed by atoms with Crippen LogP contribution in [0.2, 0.25) is 0 Å². The number of fused-ring (bicyclic) bond motifs is 1. The van der Waals surface area contributed by atoms with E-state index in [0.29, 0.717) is 28.7 Å². The van der Waals surface area contributed by atoms with E-state index in [1.54, 1.807) is 7.11 Å². The number of aromatic amines is 1. The quantitative estimate of drug-likeness (QED) is 0.241. The third-order valence-corrected chi connectivity index (χ3v) is 8.38. The molecule has 1 aliphatic carbocycles. The minimum absolute atomic E-state index is 0.145. The molecule has 0 fully saturated rings. The number of carbonyl (C=O) groups is 2. The Morgan fingerprint density at radius 2 is 1.84 bits per heavy atom. The standard InChI is InChI=1S/C28H29N5O3S2/c1-36-20-13-11-18(12-14-20)15-23-30-28(33-32-23)37-17-24(34)31-27-25(21-9-5-6-10-22(21)38-27)26(35)29-16-19-7-3-2-4-8-19/h2-4,7-8,11-14H,5-6,9-10,15-17H2,1H3,(H,29,35)(H,31,34)(H,30,32,33). The zero-order valence-electron chi connectivity index (χ0n) is 21.1. The summed E-state index contributed by atoms with van der Waals surface area (Å²) in [5, 5.41) is 14.3. The van der Waals surface area contributed by atoms with Crippen LogP contribution in [0.4, 0.5) is 5.00 Å². The lowest BCUT2D eigenvalue weighted by Gasteiger charge is -2.13. The summed E-state index contributed by atoms with van der Waals surface area (Å²) in [6.45, 7) is 0.442. The van der Waals surface area contributed by atoms with Crippen LogP contribution in [0.3, 0.4) is 0 Å². The summed E-state index contributed by atoms with van der Waals surface area (Å²) in [7, 11) is 1.64. The first-order valence-corrected chi connectivity index (χ1v) is 14.3. The predicted octanol–water partition coefficient (Wildman–Crippen LogP) is 5.01. The smallest absolute Gasteiger partial charge is 0.254 e. The molecule has 5 rings (SSSR count). The Morgan fingerprint density at radius 3 is 2.63 bits per heavy atom. The molecule has 1 aliphatic rings. The van der Waals surface area contributed by atoms with Gasteiger partial charge in [-0.1, -0.05) is 54.2 Å². The van der Waals surface area contributed by atoms with E-state index in [0.717, 1.165) is 53.9 Å². The number of aromatic nitrogens is 3. The number of thioether (sulfide) groups is 1. The van der Waals surface area contributed by atoms with Crippen molar-refractivity contribution in [2.45, 2.75) is 43.8 Å². The molecule has 2 amide bonds. The van der Waals surface area contributed by atoms with Gasteiger partial charge in [-0.05, 0) is 54.5 Å². The average Bonchev–Trinajstić information content (AvgIpc) is 3.55. The van der Waals surface area contributed by atoms with Crippen molar-refractivity contribution in [2.75, 3.05) is 18.2 Å². The molecule has 0 atom stereocenters. The molecule has 3 N–H and O–H groups in total. The molecule has 196 valence electrons. The maximum absolute atomic E-state index is 13.2. The molecular formula is C28H29N5O3S2. The van der Waals surface area contributed by atoms with Gasteiger partial charge in [0.05, 0.1) is 18.4 Å². The second-order valence-electron chi connectivity index (χ2n) is 9.01. The average molecular weight is 548 g/mol. The molecule has 2 heterocycles. The van der Waals surface area contributed by atoms with Crippen LogP contribution < -0.4 is 15.4 Å². The minimum atomic E-state index is -0.188. The van der Waals surface area contributed by atoms with Gasteiger partial charge >= 0.3 is 0 Å². The summed E-state index contributed by atoms with van der Waals surface area (Å²) in [5.74, 6) is 1.34. The van der Waals surface area contributed by atoms with Gasteiger partial charge in [0.2, 0.25) is 11.1 Å². The van der Waals surface area contributed by atoms with Crippen LogP contribution >= 0.6 is 23.1 Å². The normalized spacial score (nSPS) is 12.6. The van der Waals surface area contributed by atoms with E-state index in [2.05, 4.69) is 25.8 Å². The maximum atomic E-state index is 13.2. The number of H-pyrrole nitrogens is 1. The van der Waals surface area contributed by atoms with E-state index in [-0.39, 0.29) is 17.6 Å². The number of thiophene rings is 1. The first-order valence-electron chi connectivity index (χ1n) is 12.5. The Balaban J connectivity index is 1.20. The van der Waals surface area contributed by atoms with Crippen molar-refractivity contribution in [3.8, 4) is 5.75 Å². The van der Waals surface area contributed by atoms with Crippen LogP contribution in [-0.4, -0.2) is 39.9 Å². The number of rotatable bonds is 10. The summed E-state index contributed by atoms with van der Waals surface area (Å²) in [6.07, 6.45) is 4.56. The topological polar surface area (TPSA) is 109 Å². The van der Waals surface area contributed by atoms with Crippen LogP contribution in [0, 0.1) is 0 Å². The first kappa shape index (κ1) is 26.0. The van der Waals surface area contributed by atoms with Crippen LogP contribution in [0.1, 0.15) is 50.6 Å². The van der Waals surface area contributed by atoms with Crippen molar-refractivity contribution in [3.05, 3.63) is 87.6 Å². The summed E-state index contributed by atoms with van der Waals surface area (Å²) >= 11 is 2.78. The molecule has 10 heteroatoms. The molecule has 0 radical (unpaired) electrons. The van der Waals surface area contributed by atoms with E-state index in [1.165, 1.54) is 28.0 Å². The number of carbonyl (C=O) groups excluding carboxylic acids is 2. The van der Waals surface area contributed by atoms with Crippen LogP contribution in [0.25, 0.3) is 0 Å². The van der Waals surface area contributed by atoms with Gasteiger partial charge in [0, 0.05) is 17.8 Å². The van der Waals surface area contributed by atoms with E-state index >= 15 is 0 Å². The van der Waals surface area contributed by atoms with Crippen molar-refractivity contribution in [2.24, 2.45) is 0 Å². The van der Waals surface area contributed by atoms with E-state index in [9.17, 15) is 9.59 Å². The number of ether oxygens (including phenoxy) is 1. The molecule has 0 saturated carbocycles. The summed E-state index contributed by atoms with van der Waals surface area (Å²) < 4.78 is 5.20. The summed E-state index contributed by atoms with van der Waals surface area (Å²) in [5.41, 5.74) is 3.80. The maximum Gasteiger partial charge on any atom is 0.254 e. The summed E-state index contributed by atoms with van der Waals surface area (Å²) in [4.78, 5) is 31.8. The largest absolute Gasteiger partial charge is 0.497 e. The highest BCUT2D eigenvalue weighted by atomic mass is 32.2. The lowest BCUT2D eigenvalue weighted by molar-refractivity contribution is -0.113. The molecular weight excluding hydrogens is 518 g/mol. The molecule has 0 saturated heterocycles. The number of hydrogen-bond acceptors (Lipinski definition) is 7. The molecule has 2 aromatic carbocycles. The number of amides is 2. The molecule has 2 aromatic heterocycles. The van der Waals surface area contributed by atoms with Crippen molar-refractivity contribution in [1.29, 1.82) is 0 Å². The Kier molecular flexibility index (Phi) is 8.40. The number of anilines is 1. The SMILES string of the molecule is COc1ccc(Cc2nc(SCC(=O)Nc3sc4c(c3C(=O)NCc3ccccc3)CCCC4)n[nH]2)cc1. The van der Waals surface area contributed by atoms with Gasteiger partial charge in [-0.2, -0.15) is 0 Å². The van der Waals surface area contributed by atoms with Gasteiger partial charge in [0.25, 0.3) is 5.91 Å². The Bertz CT molecular complexity index is 1400. The van der Waals surface area contributed by atoms with Crippen molar-refractivity contribution in [3.63, 3.8) is 0 Å². The molecule has 0 aliphatic heterocycles. The van der Waals surface area contributed by atoms with Crippen molar-refractivity contribution < 1.29 is 14.3 Å². The number of nitrogens with zero attached hydrogens (tertiary/aromatic N) is 2. The van der Waals surface area contributed by atoms with Gasteiger partial charge in [-0.3, -0.25) is 14.7 Å². The lowest BCUT2D eigenvalue weighted by atomic mass is 9.95. The fourth-order valence-corrected chi connectivity index (χ4v) is 6.33. The van der Waals surface area contributed by atoms with Gasteiger partial charge in [-0.25, -0.2) is 4.98 Å². The summed E-state index contributed by atoms with van der Waals surface area (Å²) in [6, 6.07) is 17.6. The van der Waals surface area contributed by atoms with E-state index in [4.69, 9.17) is 4.74 Å². The molecule has 8 nitrogen and oxygen atoms in total. The van der Waals surface area contributed by atoms with Crippen LogP contribution in [0.5, 0.6) is 5.75 Å². The monoisotopic (exact) mass is 547 g/mol. The zero-order valence-corrected chi connectivity index (χ0v) is 22.7. The van der Waals surface area contributed by atoms with Gasteiger partial charge in [-0.15, -0.1) is 16.4 Å². The second kappa shape index (κ2) is 12.3. The molecule has 38 heavy (non-hydrogen) atoms. The lowest BCUT2D eigenvalue weighted by Crippen LogP contribution is -2.25. The van der Waals surface area contributed by atoms with Gasteiger partial charge in [0.15, 0.2) is 0 Å². The third-order valence-electron chi connectivity index (χ3n) is 6.32. The van der Waals surface area contributed by atoms with Crippen LogP contribution in [0.15, 0.2) is 59.8 Å². The predicted molar refractivity (Wildman–Crippen MR) is 150 cm³/mol.